The Hall–Kier alpha value is -2.17. The normalized spacial score (nSPS) is 26.9. The van der Waals surface area contributed by atoms with Gasteiger partial charge in [0.25, 0.3) is 0 Å². The summed E-state index contributed by atoms with van der Waals surface area (Å²) >= 11 is 3.40. The summed E-state index contributed by atoms with van der Waals surface area (Å²) in [7, 11) is 0. The Bertz CT molecular complexity index is 1050. The summed E-state index contributed by atoms with van der Waals surface area (Å²) in [6.45, 7) is 9.06. The number of benzene rings is 1. The van der Waals surface area contributed by atoms with Crippen LogP contribution in [0.4, 0.5) is 9.59 Å². The molecule has 0 aromatic heterocycles. The largest absolute Gasteiger partial charge is 0.447 e. The number of nitrogens with zero attached hydrogens (tertiary/aromatic N) is 2. The van der Waals surface area contributed by atoms with Gasteiger partial charge >= 0.3 is 12.2 Å². The van der Waals surface area contributed by atoms with Gasteiger partial charge in [-0.05, 0) is 58.9 Å². The fourth-order valence-corrected chi connectivity index (χ4v) is 6.72. The summed E-state index contributed by atoms with van der Waals surface area (Å²) in [5.74, 6) is -0.228. The van der Waals surface area contributed by atoms with E-state index in [4.69, 9.17) is 14.2 Å². The van der Waals surface area contributed by atoms with E-state index in [1.807, 2.05) is 51.1 Å². The third-order valence-corrected chi connectivity index (χ3v) is 8.92. The summed E-state index contributed by atoms with van der Waals surface area (Å²) < 4.78 is 17.3. The first kappa shape index (κ1) is 30.8. The second-order valence-electron chi connectivity index (χ2n) is 12.7. The smallest absolute Gasteiger partial charge is 0.417 e. The van der Waals surface area contributed by atoms with Gasteiger partial charge in [-0.15, -0.1) is 0 Å². The molecule has 0 radical (unpaired) electrons. The zero-order valence-corrected chi connectivity index (χ0v) is 25.8. The van der Waals surface area contributed by atoms with Crippen molar-refractivity contribution in [3.63, 3.8) is 0 Å². The molecule has 5 unspecified atom stereocenters. The SMILES string of the molecule is CC(C)(C)OC(=O)N1C(CC2CCCCC2)C(C(O)C(Br)C(=O)N2C(=O)OCC2Cc2ccccc2)OC1(C)C. The molecule has 1 aromatic carbocycles. The van der Waals surface area contributed by atoms with Crippen LogP contribution in [-0.4, -0.2) is 80.1 Å². The fourth-order valence-electron chi connectivity index (χ4n) is 6.19. The number of rotatable bonds is 7. The first-order valence-electron chi connectivity index (χ1n) is 14.3. The highest BCUT2D eigenvalue weighted by Crippen LogP contribution is 2.41. The molecule has 9 nitrogen and oxygen atoms in total. The minimum atomic E-state index is -1.33. The van der Waals surface area contributed by atoms with Gasteiger partial charge in [0.1, 0.15) is 35.0 Å². The highest BCUT2D eigenvalue weighted by Gasteiger charge is 2.56. The molecule has 5 atom stereocenters. The number of carbonyl (C=O) groups is 3. The maximum Gasteiger partial charge on any atom is 0.417 e. The maximum atomic E-state index is 13.7. The van der Waals surface area contributed by atoms with Gasteiger partial charge in [-0.3, -0.25) is 9.69 Å². The highest BCUT2D eigenvalue weighted by atomic mass is 79.9. The highest BCUT2D eigenvalue weighted by molar-refractivity contribution is 9.10. The number of ether oxygens (including phenoxy) is 3. The molecule has 2 heterocycles. The van der Waals surface area contributed by atoms with Crippen LogP contribution in [0.15, 0.2) is 30.3 Å². The van der Waals surface area contributed by atoms with Crippen molar-refractivity contribution < 1.29 is 33.7 Å². The summed E-state index contributed by atoms with van der Waals surface area (Å²) in [6.07, 6.45) is 3.14. The number of halogens is 1. The average Bonchev–Trinajstić information content (AvgIpc) is 3.38. The first-order chi connectivity index (χ1) is 18.8. The Morgan fingerprint density at radius 1 is 1.15 bits per heavy atom. The monoisotopic (exact) mass is 622 g/mol. The maximum absolute atomic E-state index is 13.7. The molecule has 4 rings (SSSR count). The molecule has 3 amide bonds. The van der Waals surface area contributed by atoms with Gasteiger partial charge in [-0.2, -0.15) is 0 Å². The molecule has 2 aliphatic heterocycles. The van der Waals surface area contributed by atoms with E-state index in [2.05, 4.69) is 15.9 Å². The van der Waals surface area contributed by atoms with Crippen molar-refractivity contribution >= 4 is 34.0 Å². The summed E-state index contributed by atoms with van der Waals surface area (Å²) in [6, 6.07) is 8.56. The van der Waals surface area contributed by atoms with Gasteiger partial charge in [0.2, 0.25) is 5.91 Å². The number of alkyl halides is 1. The molecule has 1 aliphatic carbocycles. The van der Waals surface area contributed by atoms with E-state index in [9.17, 15) is 19.5 Å². The quantitative estimate of drug-likeness (QED) is 0.405. The lowest BCUT2D eigenvalue weighted by molar-refractivity contribution is -0.135. The number of hydrogen-bond acceptors (Lipinski definition) is 7. The lowest BCUT2D eigenvalue weighted by Crippen LogP contribution is -2.54. The first-order valence-corrected chi connectivity index (χ1v) is 15.3. The molecule has 222 valence electrons. The van der Waals surface area contributed by atoms with Crippen LogP contribution in [0.3, 0.4) is 0 Å². The molecule has 1 aromatic rings. The lowest BCUT2D eigenvalue weighted by Gasteiger charge is -2.37. The van der Waals surface area contributed by atoms with E-state index >= 15 is 0 Å². The van der Waals surface area contributed by atoms with Crippen molar-refractivity contribution in [2.24, 2.45) is 5.92 Å². The van der Waals surface area contributed by atoms with Gasteiger partial charge in [0.15, 0.2) is 0 Å². The zero-order chi connectivity index (χ0) is 29.2. The molecule has 0 spiro atoms. The Kier molecular flexibility index (Phi) is 9.52. The second kappa shape index (κ2) is 12.4. The number of cyclic esters (lactones) is 1. The molecule has 0 bridgehead atoms. The van der Waals surface area contributed by atoms with Gasteiger partial charge in [-0.1, -0.05) is 78.4 Å². The van der Waals surface area contributed by atoms with Crippen LogP contribution < -0.4 is 0 Å². The molecule has 3 fully saturated rings. The number of hydrogen-bond donors (Lipinski definition) is 1. The fraction of sp³-hybridized carbons (Fsp3) is 0.700. The van der Waals surface area contributed by atoms with Crippen molar-refractivity contribution in [3.8, 4) is 0 Å². The molecule has 10 heteroatoms. The molecule has 1 saturated carbocycles. The molecule has 3 aliphatic rings. The topological polar surface area (TPSA) is 106 Å². The van der Waals surface area contributed by atoms with E-state index in [0.717, 1.165) is 36.1 Å². The van der Waals surface area contributed by atoms with Crippen LogP contribution in [0.25, 0.3) is 0 Å². The number of aliphatic hydroxyl groups is 1. The third kappa shape index (κ3) is 6.99. The van der Waals surface area contributed by atoms with Crippen molar-refractivity contribution in [2.75, 3.05) is 6.61 Å². The van der Waals surface area contributed by atoms with Crippen molar-refractivity contribution in [1.82, 2.24) is 9.80 Å². The molecular weight excluding hydrogens is 580 g/mol. The Morgan fingerprint density at radius 3 is 2.42 bits per heavy atom. The standard InChI is InChI=1S/C30H43BrN2O7/c1-29(2,3)40-28(37)33-22(17-20-14-10-7-11-15-20)25(39-30(33,4)5)24(34)23(31)26(35)32-21(18-38-27(32)36)16-19-12-8-6-9-13-19/h6,8-9,12-13,20-25,34H,7,10-11,14-18H2,1-5H3. The van der Waals surface area contributed by atoms with Crippen LogP contribution in [0, 0.1) is 5.92 Å². The van der Waals surface area contributed by atoms with Crippen LogP contribution in [0.5, 0.6) is 0 Å². The van der Waals surface area contributed by atoms with Crippen LogP contribution in [0.1, 0.15) is 78.7 Å². The van der Waals surface area contributed by atoms with E-state index in [1.54, 1.807) is 18.7 Å². The summed E-state index contributed by atoms with van der Waals surface area (Å²) in [5.41, 5.74) is -0.820. The molecule has 1 N–H and O–H groups in total. The summed E-state index contributed by atoms with van der Waals surface area (Å²) in [4.78, 5) is 41.3. The number of aliphatic hydroxyl groups excluding tert-OH is 1. The van der Waals surface area contributed by atoms with Crippen molar-refractivity contribution in [2.45, 2.75) is 120 Å². The summed E-state index contributed by atoms with van der Waals surface area (Å²) in [5, 5.41) is 11.6. The minimum absolute atomic E-state index is 0.0823. The van der Waals surface area contributed by atoms with E-state index in [0.29, 0.717) is 18.8 Å². The van der Waals surface area contributed by atoms with Crippen molar-refractivity contribution in [3.05, 3.63) is 35.9 Å². The van der Waals surface area contributed by atoms with E-state index < -0.39 is 58.5 Å². The predicted molar refractivity (Wildman–Crippen MR) is 153 cm³/mol. The van der Waals surface area contributed by atoms with E-state index in [-0.39, 0.29) is 6.61 Å². The zero-order valence-electron chi connectivity index (χ0n) is 24.2. The molecule has 2 saturated heterocycles. The Balaban J connectivity index is 1.56. The van der Waals surface area contributed by atoms with Gasteiger partial charge in [0.05, 0.1) is 12.1 Å². The number of amides is 3. The van der Waals surface area contributed by atoms with Crippen molar-refractivity contribution in [1.29, 1.82) is 0 Å². The van der Waals surface area contributed by atoms with Gasteiger partial charge < -0.3 is 19.3 Å². The lowest BCUT2D eigenvalue weighted by atomic mass is 9.82. The average molecular weight is 624 g/mol. The predicted octanol–water partition coefficient (Wildman–Crippen LogP) is 5.41. The van der Waals surface area contributed by atoms with Crippen LogP contribution >= 0.6 is 15.9 Å². The van der Waals surface area contributed by atoms with Crippen LogP contribution in [0.2, 0.25) is 0 Å². The van der Waals surface area contributed by atoms with Crippen LogP contribution in [-0.2, 0) is 25.4 Å². The molecule has 40 heavy (non-hydrogen) atoms. The Morgan fingerprint density at radius 2 is 1.80 bits per heavy atom. The second-order valence-corrected chi connectivity index (χ2v) is 13.7. The van der Waals surface area contributed by atoms with E-state index in [1.165, 1.54) is 6.42 Å². The third-order valence-electron chi connectivity index (χ3n) is 7.99. The Labute approximate surface area is 245 Å². The number of imide groups is 1. The number of carbonyl (C=O) groups excluding carboxylic acids is 3. The molecular formula is C30H43BrN2O7. The van der Waals surface area contributed by atoms with Gasteiger partial charge in [-0.25, -0.2) is 14.5 Å². The van der Waals surface area contributed by atoms with Gasteiger partial charge in [0, 0.05) is 0 Å². The minimum Gasteiger partial charge on any atom is -0.447 e.